The van der Waals surface area contributed by atoms with Crippen LogP contribution in [0, 0.1) is 11.3 Å². The van der Waals surface area contributed by atoms with E-state index in [0.29, 0.717) is 12.6 Å². The summed E-state index contributed by atoms with van der Waals surface area (Å²) in [6.45, 7) is 0.795. The molecule has 0 bridgehead atoms. The molecule has 20 heavy (non-hydrogen) atoms. The van der Waals surface area contributed by atoms with E-state index in [1.54, 1.807) is 6.07 Å². The van der Waals surface area contributed by atoms with Crippen LogP contribution >= 0.6 is 0 Å². The number of halogens is 3. The Morgan fingerprint density at radius 3 is 2.70 bits per heavy atom. The van der Waals surface area contributed by atoms with Gasteiger partial charge >= 0.3 is 6.18 Å². The average molecular weight is 285 g/mol. The zero-order chi connectivity index (χ0) is 14.8. The van der Waals surface area contributed by atoms with Gasteiger partial charge in [0.15, 0.2) is 0 Å². The second-order valence-corrected chi connectivity index (χ2v) is 4.72. The summed E-state index contributed by atoms with van der Waals surface area (Å²) in [4.78, 5) is 5.47. The highest BCUT2D eigenvalue weighted by Gasteiger charge is 2.33. The third-order valence-electron chi connectivity index (χ3n) is 3.12. The fraction of sp³-hybridized carbons (Fsp3) is 0.538. The maximum absolute atomic E-state index is 12.6. The Bertz CT molecular complexity index is 521. The van der Waals surface area contributed by atoms with Crippen molar-refractivity contribution >= 4 is 0 Å². The summed E-state index contributed by atoms with van der Waals surface area (Å²) in [5, 5.41) is 8.86. The van der Waals surface area contributed by atoms with Gasteiger partial charge in [0, 0.05) is 12.6 Å². The van der Waals surface area contributed by atoms with Crippen LogP contribution in [-0.4, -0.2) is 36.1 Å². The molecule has 4 nitrogen and oxygen atoms in total. The summed E-state index contributed by atoms with van der Waals surface area (Å²) >= 11 is 0. The first-order valence-electron chi connectivity index (χ1n) is 6.23. The minimum absolute atomic E-state index is 0.00655. The largest absolute Gasteiger partial charge is 0.475 e. The molecule has 108 valence electrons. The molecule has 0 amide bonds. The molecule has 1 aliphatic rings. The van der Waals surface area contributed by atoms with Crippen molar-refractivity contribution in [1.29, 1.82) is 5.26 Å². The van der Waals surface area contributed by atoms with Crippen molar-refractivity contribution in [2.75, 3.05) is 20.2 Å². The minimum atomic E-state index is -4.54. The molecule has 1 saturated carbocycles. The van der Waals surface area contributed by atoms with E-state index >= 15 is 0 Å². The van der Waals surface area contributed by atoms with Crippen molar-refractivity contribution in [3.8, 4) is 11.9 Å². The Kier molecular flexibility index (Phi) is 4.14. The Labute approximate surface area is 114 Å². The Morgan fingerprint density at radius 1 is 1.45 bits per heavy atom. The number of alkyl halides is 3. The van der Waals surface area contributed by atoms with E-state index < -0.39 is 11.9 Å². The molecule has 7 heteroatoms. The van der Waals surface area contributed by atoms with Crippen LogP contribution in [0.1, 0.15) is 24.1 Å². The first-order valence-corrected chi connectivity index (χ1v) is 6.23. The van der Waals surface area contributed by atoms with Gasteiger partial charge in [-0.3, -0.25) is 0 Å². The lowest BCUT2D eigenvalue weighted by molar-refractivity contribution is -0.141. The van der Waals surface area contributed by atoms with Gasteiger partial charge in [0.05, 0.1) is 0 Å². The lowest BCUT2D eigenvalue weighted by atomic mass is 10.2. The number of aromatic nitrogens is 1. The van der Waals surface area contributed by atoms with Crippen molar-refractivity contribution in [2.45, 2.75) is 25.1 Å². The predicted octanol–water partition coefficient (Wildman–Crippen LogP) is 2.45. The van der Waals surface area contributed by atoms with Crippen LogP contribution in [0.2, 0.25) is 0 Å². The Morgan fingerprint density at radius 2 is 2.15 bits per heavy atom. The smallest absolute Gasteiger partial charge is 0.433 e. The molecule has 0 atom stereocenters. The first-order chi connectivity index (χ1) is 9.41. The predicted molar refractivity (Wildman–Crippen MR) is 65.1 cm³/mol. The summed E-state index contributed by atoms with van der Waals surface area (Å²) < 4.78 is 42.9. The van der Waals surface area contributed by atoms with Gasteiger partial charge in [-0.1, -0.05) is 0 Å². The maximum atomic E-state index is 12.6. The highest BCUT2D eigenvalue weighted by molar-refractivity contribution is 5.39. The van der Waals surface area contributed by atoms with Crippen LogP contribution in [0.4, 0.5) is 13.2 Å². The van der Waals surface area contributed by atoms with Crippen molar-refractivity contribution in [3.05, 3.63) is 23.4 Å². The fourth-order valence-electron chi connectivity index (χ4n) is 1.78. The Balaban J connectivity index is 2.02. The molecular formula is C13H14F3N3O. The van der Waals surface area contributed by atoms with E-state index in [1.807, 2.05) is 7.05 Å². The third-order valence-corrected chi connectivity index (χ3v) is 3.12. The summed E-state index contributed by atoms with van der Waals surface area (Å²) in [7, 11) is 1.94. The molecule has 1 aromatic rings. The van der Waals surface area contributed by atoms with Crippen LogP contribution in [0.25, 0.3) is 0 Å². The molecule has 0 aliphatic heterocycles. The summed E-state index contributed by atoms with van der Waals surface area (Å²) in [5.41, 5.74) is -1.05. The molecule has 1 aromatic heterocycles. The maximum Gasteiger partial charge on any atom is 0.433 e. The van der Waals surface area contributed by atoms with Crippen LogP contribution < -0.4 is 4.74 Å². The first kappa shape index (κ1) is 14.6. The number of rotatable bonds is 5. The number of hydrogen-bond donors (Lipinski definition) is 0. The van der Waals surface area contributed by atoms with E-state index in [-0.39, 0.29) is 18.1 Å². The number of pyridine rings is 1. The third kappa shape index (κ3) is 3.61. The van der Waals surface area contributed by atoms with Gasteiger partial charge in [-0.2, -0.15) is 18.4 Å². The Hall–Kier alpha value is -1.81. The van der Waals surface area contributed by atoms with Crippen LogP contribution in [0.3, 0.4) is 0 Å². The van der Waals surface area contributed by atoms with Gasteiger partial charge < -0.3 is 9.64 Å². The standard InChI is InChI=1S/C13H14F3N3O/c1-19(10-3-4-10)6-7-20-12-9(8-17)2-5-11(18-12)13(14,15)16/h2,5,10H,3-4,6-7H2,1H3. The van der Waals surface area contributed by atoms with Gasteiger partial charge in [-0.25, -0.2) is 4.98 Å². The second-order valence-electron chi connectivity index (χ2n) is 4.72. The van der Waals surface area contributed by atoms with Crippen molar-refractivity contribution in [1.82, 2.24) is 9.88 Å². The van der Waals surface area contributed by atoms with Gasteiger partial charge in [0.25, 0.3) is 0 Å². The lowest BCUT2D eigenvalue weighted by Crippen LogP contribution is -2.26. The topological polar surface area (TPSA) is 49.1 Å². The highest BCUT2D eigenvalue weighted by Crippen LogP contribution is 2.30. The van der Waals surface area contributed by atoms with Crippen LogP contribution in [0.5, 0.6) is 5.88 Å². The molecule has 0 spiro atoms. The SMILES string of the molecule is CN(CCOc1nc(C(F)(F)F)ccc1C#N)C1CC1. The van der Waals surface area contributed by atoms with E-state index in [2.05, 4.69) is 9.88 Å². The van der Waals surface area contributed by atoms with E-state index in [4.69, 9.17) is 10.00 Å². The molecular weight excluding hydrogens is 271 g/mol. The lowest BCUT2D eigenvalue weighted by Gasteiger charge is -2.16. The van der Waals surface area contributed by atoms with Gasteiger partial charge in [-0.05, 0) is 32.0 Å². The summed E-state index contributed by atoms with van der Waals surface area (Å²) in [6.07, 6.45) is -2.26. The zero-order valence-corrected chi connectivity index (χ0v) is 10.9. The zero-order valence-electron chi connectivity index (χ0n) is 10.9. The fourth-order valence-corrected chi connectivity index (χ4v) is 1.78. The van der Waals surface area contributed by atoms with Gasteiger partial charge in [0.2, 0.25) is 5.88 Å². The molecule has 2 rings (SSSR count). The van der Waals surface area contributed by atoms with Crippen LogP contribution in [-0.2, 0) is 6.18 Å². The molecule has 1 heterocycles. The number of hydrogen-bond acceptors (Lipinski definition) is 4. The molecule has 1 fully saturated rings. The molecule has 0 radical (unpaired) electrons. The normalized spacial score (nSPS) is 15.2. The number of nitrogens with zero attached hydrogens (tertiary/aromatic N) is 3. The molecule has 0 saturated heterocycles. The molecule has 0 unspecified atom stereocenters. The number of likely N-dealkylation sites (N-methyl/N-ethyl adjacent to an activating group) is 1. The van der Waals surface area contributed by atoms with E-state index in [9.17, 15) is 13.2 Å². The number of nitriles is 1. The number of ether oxygens (including phenoxy) is 1. The summed E-state index contributed by atoms with van der Waals surface area (Å²) in [6, 6.07) is 4.18. The summed E-state index contributed by atoms with van der Waals surface area (Å²) in [5.74, 6) is -0.258. The van der Waals surface area contributed by atoms with Gasteiger partial charge in [0.1, 0.15) is 23.9 Å². The highest BCUT2D eigenvalue weighted by atomic mass is 19.4. The van der Waals surface area contributed by atoms with Crippen molar-refractivity contribution in [3.63, 3.8) is 0 Å². The second kappa shape index (κ2) is 5.67. The van der Waals surface area contributed by atoms with Crippen molar-refractivity contribution < 1.29 is 17.9 Å². The molecule has 0 N–H and O–H groups in total. The van der Waals surface area contributed by atoms with Gasteiger partial charge in [-0.15, -0.1) is 0 Å². The van der Waals surface area contributed by atoms with E-state index in [0.717, 1.165) is 25.0 Å². The van der Waals surface area contributed by atoms with E-state index in [1.165, 1.54) is 0 Å². The quantitative estimate of drug-likeness (QED) is 0.833. The monoisotopic (exact) mass is 285 g/mol. The minimum Gasteiger partial charge on any atom is -0.475 e. The van der Waals surface area contributed by atoms with Crippen molar-refractivity contribution in [2.24, 2.45) is 0 Å². The average Bonchev–Trinajstić information content (AvgIpc) is 3.21. The molecule has 1 aliphatic carbocycles. The van der Waals surface area contributed by atoms with Crippen LogP contribution in [0.15, 0.2) is 12.1 Å². The molecule has 0 aromatic carbocycles.